The van der Waals surface area contributed by atoms with Crippen LogP contribution in [0.4, 0.5) is 10.5 Å². The van der Waals surface area contributed by atoms with E-state index in [2.05, 4.69) is 10.6 Å². The molecule has 7 nitrogen and oxygen atoms in total. The highest BCUT2D eigenvalue weighted by Crippen LogP contribution is 2.32. The Kier molecular flexibility index (Phi) is 3.60. The van der Waals surface area contributed by atoms with Crippen LogP contribution in [0.2, 0.25) is 0 Å². The number of carboxylic acids is 1. The Hall–Kier alpha value is -2.57. The number of hydrogen-bond donors (Lipinski definition) is 4. The van der Waals surface area contributed by atoms with Crippen molar-refractivity contribution in [3.05, 3.63) is 29.8 Å². The average molecular weight is 277 g/mol. The number of primary amides is 1. The van der Waals surface area contributed by atoms with Crippen molar-refractivity contribution >= 4 is 23.6 Å². The first kappa shape index (κ1) is 13.9. The van der Waals surface area contributed by atoms with Crippen LogP contribution in [-0.4, -0.2) is 28.6 Å². The molecule has 1 fully saturated rings. The van der Waals surface area contributed by atoms with Gasteiger partial charge in [0.1, 0.15) is 5.54 Å². The number of anilines is 1. The standard InChI is InChI=1S/C13H15N3O4/c14-12(20)15-9-4-2-8(3-5-9)10(17)16-13(11(18)19)6-1-7-13/h2-5H,1,6-7H2,(H,16,17)(H,18,19)(H3,14,15,20). The third-order valence-corrected chi connectivity index (χ3v) is 3.38. The number of amides is 3. The fourth-order valence-corrected chi connectivity index (χ4v) is 2.06. The summed E-state index contributed by atoms with van der Waals surface area (Å²) in [6.45, 7) is 0. The Morgan fingerprint density at radius 1 is 1.15 bits per heavy atom. The first-order chi connectivity index (χ1) is 9.43. The molecule has 0 unspecified atom stereocenters. The maximum atomic E-state index is 12.0. The molecule has 0 radical (unpaired) electrons. The molecule has 1 aromatic carbocycles. The first-order valence-electron chi connectivity index (χ1n) is 6.15. The minimum atomic E-state index is -1.14. The number of carbonyl (C=O) groups excluding carboxylic acids is 2. The summed E-state index contributed by atoms with van der Waals surface area (Å²) in [7, 11) is 0. The van der Waals surface area contributed by atoms with Crippen LogP contribution in [0.15, 0.2) is 24.3 Å². The van der Waals surface area contributed by atoms with Gasteiger partial charge in [-0.1, -0.05) is 0 Å². The summed E-state index contributed by atoms with van der Waals surface area (Å²) < 4.78 is 0. The van der Waals surface area contributed by atoms with Gasteiger partial charge in [0.15, 0.2) is 0 Å². The van der Waals surface area contributed by atoms with E-state index in [1.807, 2.05) is 0 Å². The molecule has 0 aliphatic heterocycles. The van der Waals surface area contributed by atoms with Gasteiger partial charge in [0, 0.05) is 11.3 Å². The Bertz CT molecular complexity index is 549. The van der Waals surface area contributed by atoms with Gasteiger partial charge in [-0.05, 0) is 43.5 Å². The van der Waals surface area contributed by atoms with Crippen LogP contribution in [0.25, 0.3) is 0 Å². The van der Waals surface area contributed by atoms with Gasteiger partial charge in [0.2, 0.25) is 0 Å². The lowest BCUT2D eigenvalue weighted by molar-refractivity contribution is -0.148. The van der Waals surface area contributed by atoms with Crippen molar-refractivity contribution in [3.63, 3.8) is 0 Å². The van der Waals surface area contributed by atoms with Gasteiger partial charge in [-0.15, -0.1) is 0 Å². The molecule has 1 aliphatic rings. The summed E-state index contributed by atoms with van der Waals surface area (Å²) in [5.41, 5.74) is 4.62. The molecule has 0 aromatic heterocycles. The predicted molar refractivity (Wildman–Crippen MR) is 71.3 cm³/mol. The van der Waals surface area contributed by atoms with Crippen molar-refractivity contribution in [3.8, 4) is 0 Å². The monoisotopic (exact) mass is 277 g/mol. The van der Waals surface area contributed by atoms with Crippen molar-refractivity contribution in [2.45, 2.75) is 24.8 Å². The second-order valence-electron chi connectivity index (χ2n) is 4.76. The van der Waals surface area contributed by atoms with Gasteiger partial charge in [0.25, 0.3) is 5.91 Å². The molecule has 1 aromatic rings. The SMILES string of the molecule is NC(=O)Nc1ccc(C(=O)NC2(C(=O)O)CCC2)cc1. The summed E-state index contributed by atoms with van der Waals surface area (Å²) in [5, 5.41) is 14.1. The second-order valence-corrected chi connectivity index (χ2v) is 4.76. The maximum absolute atomic E-state index is 12.0. The highest BCUT2D eigenvalue weighted by atomic mass is 16.4. The lowest BCUT2D eigenvalue weighted by atomic mass is 9.76. The van der Waals surface area contributed by atoms with E-state index in [-0.39, 0.29) is 0 Å². The summed E-state index contributed by atoms with van der Waals surface area (Å²) >= 11 is 0. The lowest BCUT2D eigenvalue weighted by Crippen LogP contribution is -2.59. The zero-order chi connectivity index (χ0) is 14.8. The van der Waals surface area contributed by atoms with Gasteiger partial charge >= 0.3 is 12.0 Å². The minimum absolute atomic E-state index is 0.326. The fourth-order valence-electron chi connectivity index (χ4n) is 2.06. The van der Waals surface area contributed by atoms with Crippen molar-refractivity contribution in [1.29, 1.82) is 0 Å². The van der Waals surface area contributed by atoms with Crippen LogP contribution < -0.4 is 16.4 Å². The fraction of sp³-hybridized carbons (Fsp3) is 0.308. The zero-order valence-corrected chi connectivity index (χ0v) is 10.7. The van der Waals surface area contributed by atoms with Crippen LogP contribution in [0.5, 0.6) is 0 Å². The quantitative estimate of drug-likeness (QED) is 0.653. The van der Waals surface area contributed by atoms with Gasteiger partial charge < -0.3 is 21.5 Å². The van der Waals surface area contributed by atoms with Gasteiger partial charge in [0.05, 0.1) is 0 Å². The predicted octanol–water partition coefficient (Wildman–Crippen LogP) is 0.914. The molecule has 0 spiro atoms. The molecular formula is C13H15N3O4. The van der Waals surface area contributed by atoms with Crippen LogP contribution in [0.1, 0.15) is 29.6 Å². The topological polar surface area (TPSA) is 122 Å². The third kappa shape index (κ3) is 2.71. The molecule has 2 rings (SSSR count). The number of nitrogens with one attached hydrogen (secondary N) is 2. The number of carboxylic acid groups (broad SMARTS) is 1. The first-order valence-corrected chi connectivity index (χ1v) is 6.15. The summed E-state index contributed by atoms with van der Waals surface area (Å²) in [5.74, 6) is -1.46. The van der Waals surface area contributed by atoms with Crippen molar-refractivity contribution in [2.75, 3.05) is 5.32 Å². The molecule has 0 heterocycles. The number of aliphatic carboxylic acids is 1. The smallest absolute Gasteiger partial charge is 0.329 e. The van der Waals surface area contributed by atoms with Crippen LogP contribution in [-0.2, 0) is 4.79 Å². The van der Waals surface area contributed by atoms with E-state index < -0.39 is 23.4 Å². The van der Waals surface area contributed by atoms with E-state index in [9.17, 15) is 14.4 Å². The van der Waals surface area contributed by atoms with Gasteiger partial charge in [-0.25, -0.2) is 9.59 Å². The van der Waals surface area contributed by atoms with Gasteiger partial charge in [-0.2, -0.15) is 0 Å². The van der Waals surface area contributed by atoms with Crippen molar-refractivity contribution in [1.82, 2.24) is 5.32 Å². The summed E-state index contributed by atoms with van der Waals surface area (Å²) in [6.07, 6.45) is 1.67. The molecule has 0 saturated heterocycles. The lowest BCUT2D eigenvalue weighted by Gasteiger charge is -2.38. The van der Waals surface area contributed by atoms with E-state index in [1.165, 1.54) is 24.3 Å². The van der Waals surface area contributed by atoms with Crippen LogP contribution in [0, 0.1) is 0 Å². The maximum Gasteiger partial charge on any atom is 0.329 e. The Balaban J connectivity index is 2.06. The number of carbonyl (C=O) groups is 3. The van der Waals surface area contributed by atoms with E-state index in [1.54, 1.807) is 0 Å². The van der Waals surface area contributed by atoms with E-state index in [0.29, 0.717) is 24.1 Å². The third-order valence-electron chi connectivity index (χ3n) is 3.38. The molecule has 20 heavy (non-hydrogen) atoms. The van der Waals surface area contributed by atoms with E-state index in [0.717, 1.165) is 6.42 Å². The number of urea groups is 1. The molecule has 5 N–H and O–H groups in total. The largest absolute Gasteiger partial charge is 0.480 e. The molecule has 1 saturated carbocycles. The molecule has 3 amide bonds. The Labute approximate surface area is 115 Å². The van der Waals surface area contributed by atoms with Crippen molar-refractivity contribution in [2.24, 2.45) is 5.73 Å². The van der Waals surface area contributed by atoms with Crippen molar-refractivity contribution < 1.29 is 19.5 Å². The van der Waals surface area contributed by atoms with Gasteiger partial charge in [-0.3, -0.25) is 4.79 Å². The summed E-state index contributed by atoms with van der Waals surface area (Å²) in [4.78, 5) is 33.8. The number of benzene rings is 1. The Morgan fingerprint density at radius 3 is 2.15 bits per heavy atom. The summed E-state index contributed by atoms with van der Waals surface area (Å²) in [6, 6.07) is 5.34. The average Bonchev–Trinajstić information content (AvgIpc) is 2.33. The number of rotatable bonds is 4. The molecular weight excluding hydrogens is 262 g/mol. The Morgan fingerprint density at radius 2 is 1.75 bits per heavy atom. The normalized spacial score (nSPS) is 15.8. The van der Waals surface area contributed by atoms with E-state index >= 15 is 0 Å². The number of nitrogens with two attached hydrogens (primary N) is 1. The van der Waals surface area contributed by atoms with Crippen LogP contribution >= 0.6 is 0 Å². The highest BCUT2D eigenvalue weighted by Gasteiger charge is 2.45. The highest BCUT2D eigenvalue weighted by molar-refractivity contribution is 5.98. The molecule has 7 heteroatoms. The number of hydrogen-bond acceptors (Lipinski definition) is 3. The minimum Gasteiger partial charge on any atom is -0.480 e. The second kappa shape index (κ2) is 5.20. The molecule has 1 aliphatic carbocycles. The van der Waals surface area contributed by atoms with E-state index in [4.69, 9.17) is 10.8 Å². The molecule has 0 atom stereocenters. The zero-order valence-electron chi connectivity index (χ0n) is 10.7. The van der Waals surface area contributed by atoms with Crippen LogP contribution in [0.3, 0.4) is 0 Å². The molecule has 0 bridgehead atoms. The molecule has 106 valence electrons.